The third kappa shape index (κ3) is 13.7. The van der Waals surface area contributed by atoms with E-state index in [1.807, 2.05) is 6.92 Å². The van der Waals surface area contributed by atoms with Gasteiger partial charge in [0.15, 0.2) is 6.29 Å². The first kappa shape index (κ1) is 19.2. The number of allylic oxidation sites excluding steroid dienone is 1. The van der Waals surface area contributed by atoms with Crippen LogP contribution in [0.25, 0.3) is 0 Å². The number of halogens is 6. The number of alkyl halides is 6. The van der Waals surface area contributed by atoms with Crippen molar-refractivity contribution in [3.05, 3.63) is 12.2 Å². The fraction of sp³-hybridized carbons (Fsp3) is 0.833. The van der Waals surface area contributed by atoms with Crippen LogP contribution in [0.3, 0.4) is 0 Å². The predicted octanol–water partition coefficient (Wildman–Crippen LogP) is 4.61. The summed E-state index contributed by atoms with van der Waals surface area (Å²) in [5.41, 5.74) is 0. The maximum absolute atomic E-state index is 12.0. The monoisotopic (exact) mass is 308 g/mol. The van der Waals surface area contributed by atoms with Crippen molar-refractivity contribution in [3.63, 3.8) is 0 Å². The van der Waals surface area contributed by atoms with Crippen LogP contribution in [0.2, 0.25) is 0 Å². The van der Waals surface area contributed by atoms with Crippen LogP contribution in [0, 0.1) is 0 Å². The fourth-order valence-corrected chi connectivity index (χ4v) is 1.23. The first-order valence-corrected chi connectivity index (χ1v) is 6.17. The molecule has 0 unspecified atom stereocenters. The molecular weight excluding hydrogens is 290 g/mol. The lowest BCUT2D eigenvalue weighted by atomic mass is 10.2. The summed E-state index contributed by atoms with van der Waals surface area (Å²) in [6.45, 7) is -1.34. The number of hydrogen-bond acceptors (Lipinski definition) is 2. The van der Waals surface area contributed by atoms with Gasteiger partial charge in [-0.25, -0.2) is 0 Å². The number of ether oxygens (including phenoxy) is 2. The van der Waals surface area contributed by atoms with Gasteiger partial charge in [-0.2, -0.15) is 26.3 Å². The van der Waals surface area contributed by atoms with Crippen molar-refractivity contribution in [2.24, 2.45) is 0 Å². The average molecular weight is 308 g/mol. The summed E-state index contributed by atoms with van der Waals surface area (Å²) in [5.74, 6) is 0. The summed E-state index contributed by atoms with van der Waals surface area (Å²) in [6, 6.07) is 0. The summed E-state index contributed by atoms with van der Waals surface area (Å²) in [6.07, 6.45) is -5.09. The lowest BCUT2D eigenvalue weighted by Gasteiger charge is -2.17. The van der Waals surface area contributed by atoms with Gasteiger partial charge in [0.1, 0.15) is 13.2 Å². The van der Waals surface area contributed by atoms with Gasteiger partial charge < -0.3 is 9.47 Å². The molecule has 0 spiro atoms. The molecule has 0 saturated carbocycles. The van der Waals surface area contributed by atoms with Crippen LogP contribution in [0.1, 0.15) is 32.6 Å². The van der Waals surface area contributed by atoms with Gasteiger partial charge in [0, 0.05) is 0 Å². The van der Waals surface area contributed by atoms with Crippen molar-refractivity contribution in [2.45, 2.75) is 51.2 Å². The SMILES string of the molecule is CCCCC/C=C/C(OCC(F)(F)F)OCC(F)(F)F. The summed E-state index contributed by atoms with van der Waals surface area (Å²) < 4.78 is 80.3. The molecule has 0 aliphatic rings. The zero-order chi connectivity index (χ0) is 15.6. The molecule has 0 atom stereocenters. The molecule has 0 bridgehead atoms. The highest BCUT2D eigenvalue weighted by atomic mass is 19.4. The summed E-state index contributed by atoms with van der Waals surface area (Å²) >= 11 is 0. The predicted molar refractivity (Wildman–Crippen MR) is 61.1 cm³/mol. The van der Waals surface area contributed by atoms with Gasteiger partial charge in [-0.3, -0.25) is 0 Å². The molecule has 20 heavy (non-hydrogen) atoms. The van der Waals surface area contributed by atoms with Crippen molar-refractivity contribution in [1.82, 2.24) is 0 Å². The molecule has 0 saturated heterocycles. The Hall–Kier alpha value is -0.760. The van der Waals surface area contributed by atoms with Gasteiger partial charge in [0.2, 0.25) is 0 Å². The Morgan fingerprint density at radius 2 is 1.40 bits per heavy atom. The standard InChI is InChI=1S/C12H18F6O2/c1-2-3-4-5-6-7-10(19-8-11(13,14)15)20-9-12(16,17)18/h6-7,10H,2-5,8-9H2,1H3/b7-6+. The van der Waals surface area contributed by atoms with Crippen LogP contribution in [-0.4, -0.2) is 31.9 Å². The van der Waals surface area contributed by atoms with Crippen LogP contribution in [0.4, 0.5) is 26.3 Å². The highest BCUT2D eigenvalue weighted by Crippen LogP contribution is 2.19. The highest BCUT2D eigenvalue weighted by Gasteiger charge is 2.32. The molecule has 0 aliphatic carbocycles. The number of rotatable bonds is 9. The van der Waals surface area contributed by atoms with E-state index >= 15 is 0 Å². The highest BCUT2D eigenvalue weighted by molar-refractivity contribution is 4.85. The van der Waals surface area contributed by atoms with Crippen LogP contribution in [0.5, 0.6) is 0 Å². The molecule has 0 heterocycles. The molecule has 0 rings (SSSR count). The zero-order valence-corrected chi connectivity index (χ0v) is 11.1. The summed E-state index contributed by atoms with van der Waals surface area (Å²) in [5, 5.41) is 0. The molecule has 0 fully saturated rings. The van der Waals surface area contributed by atoms with Crippen LogP contribution in [0.15, 0.2) is 12.2 Å². The van der Waals surface area contributed by atoms with Crippen LogP contribution >= 0.6 is 0 Å². The zero-order valence-electron chi connectivity index (χ0n) is 11.1. The average Bonchev–Trinajstić information content (AvgIpc) is 2.29. The van der Waals surface area contributed by atoms with Crippen molar-refractivity contribution < 1.29 is 35.8 Å². The van der Waals surface area contributed by atoms with E-state index in [4.69, 9.17) is 0 Å². The summed E-state index contributed by atoms with van der Waals surface area (Å²) in [7, 11) is 0. The van der Waals surface area contributed by atoms with Crippen molar-refractivity contribution in [1.29, 1.82) is 0 Å². The second-order valence-corrected chi connectivity index (χ2v) is 4.14. The van der Waals surface area contributed by atoms with Crippen LogP contribution < -0.4 is 0 Å². The lowest BCUT2D eigenvalue weighted by Crippen LogP contribution is -2.28. The fourth-order valence-electron chi connectivity index (χ4n) is 1.23. The Kier molecular flexibility index (Phi) is 8.88. The van der Waals surface area contributed by atoms with Gasteiger partial charge in [-0.15, -0.1) is 0 Å². The quantitative estimate of drug-likeness (QED) is 0.268. The van der Waals surface area contributed by atoms with E-state index in [0.29, 0.717) is 6.42 Å². The van der Waals surface area contributed by atoms with Gasteiger partial charge in [-0.05, 0) is 18.9 Å². The first-order valence-electron chi connectivity index (χ1n) is 6.17. The van der Waals surface area contributed by atoms with E-state index in [9.17, 15) is 26.3 Å². The van der Waals surface area contributed by atoms with Crippen molar-refractivity contribution in [3.8, 4) is 0 Å². The molecule has 0 aromatic carbocycles. The Labute approximate surface area is 113 Å². The molecular formula is C12H18F6O2. The molecule has 0 amide bonds. The summed E-state index contributed by atoms with van der Waals surface area (Å²) in [4.78, 5) is 0. The molecule has 0 aromatic heterocycles. The van der Waals surface area contributed by atoms with Gasteiger partial charge in [0.25, 0.3) is 0 Å². The second kappa shape index (κ2) is 9.23. The minimum absolute atomic E-state index is 0.551. The maximum Gasteiger partial charge on any atom is 0.411 e. The molecule has 0 radical (unpaired) electrons. The minimum atomic E-state index is -4.62. The molecule has 8 heteroatoms. The van der Waals surface area contributed by atoms with Gasteiger partial charge in [0.05, 0.1) is 0 Å². The molecule has 0 aliphatic heterocycles. The Morgan fingerprint density at radius 3 is 1.80 bits per heavy atom. The molecule has 0 N–H and O–H groups in total. The normalized spacial score (nSPS) is 13.6. The van der Waals surface area contributed by atoms with Crippen molar-refractivity contribution in [2.75, 3.05) is 13.2 Å². The Bertz CT molecular complexity index is 254. The molecule has 0 aromatic rings. The third-order valence-electron chi connectivity index (χ3n) is 2.09. The van der Waals surface area contributed by atoms with E-state index in [-0.39, 0.29) is 0 Å². The smallest absolute Gasteiger partial charge is 0.340 e. The van der Waals surface area contributed by atoms with Gasteiger partial charge >= 0.3 is 12.4 Å². The van der Waals surface area contributed by atoms with Crippen molar-refractivity contribution >= 4 is 0 Å². The largest absolute Gasteiger partial charge is 0.411 e. The second-order valence-electron chi connectivity index (χ2n) is 4.14. The topological polar surface area (TPSA) is 18.5 Å². The Morgan fingerprint density at radius 1 is 0.900 bits per heavy atom. The molecule has 120 valence electrons. The maximum atomic E-state index is 12.0. The first-order chi connectivity index (χ1) is 9.14. The van der Waals surface area contributed by atoms with E-state index in [2.05, 4.69) is 9.47 Å². The van der Waals surface area contributed by atoms with E-state index in [1.165, 1.54) is 6.08 Å². The number of unbranched alkanes of at least 4 members (excludes halogenated alkanes) is 3. The van der Waals surface area contributed by atoms with E-state index in [1.54, 1.807) is 0 Å². The van der Waals surface area contributed by atoms with Crippen LogP contribution in [-0.2, 0) is 9.47 Å². The molecule has 2 nitrogen and oxygen atoms in total. The lowest BCUT2D eigenvalue weighted by molar-refractivity contribution is -0.246. The Balaban J connectivity index is 4.24. The van der Waals surface area contributed by atoms with Gasteiger partial charge in [-0.1, -0.05) is 25.8 Å². The van der Waals surface area contributed by atoms with E-state index < -0.39 is 31.9 Å². The third-order valence-corrected chi connectivity index (χ3v) is 2.09. The number of hydrogen-bond donors (Lipinski definition) is 0. The minimum Gasteiger partial charge on any atom is -0.340 e. The van der Waals surface area contributed by atoms with E-state index in [0.717, 1.165) is 25.3 Å².